The Morgan fingerprint density at radius 1 is 1.15 bits per heavy atom. The standard InChI is InChI=1S/C16H20Cl2N4O4S/c1-11(15(23)22-5-4-19-16(22)24)20-6-8-21(9-7-20)27(25,26)14-10-12(17)2-3-13(14)18/h2-3,10-11H,4-9H2,1H3,(H,19,24)/t11-/m1/s1. The number of sulfonamides is 1. The Bertz CT molecular complexity index is 856. The Morgan fingerprint density at radius 2 is 1.81 bits per heavy atom. The summed E-state index contributed by atoms with van der Waals surface area (Å²) in [6.45, 7) is 3.71. The van der Waals surface area contributed by atoms with Gasteiger partial charge in [-0.15, -0.1) is 0 Å². The Labute approximate surface area is 168 Å². The molecule has 3 rings (SSSR count). The van der Waals surface area contributed by atoms with Crippen molar-refractivity contribution in [2.24, 2.45) is 0 Å². The van der Waals surface area contributed by atoms with Gasteiger partial charge >= 0.3 is 6.03 Å². The molecule has 148 valence electrons. The van der Waals surface area contributed by atoms with E-state index in [1.807, 2.05) is 4.90 Å². The van der Waals surface area contributed by atoms with Crippen LogP contribution in [-0.4, -0.2) is 79.8 Å². The van der Waals surface area contributed by atoms with Crippen molar-refractivity contribution in [1.29, 1.82) is 0 Å². The number of imide groups is 1. The summed E-state index contributed by atoms with van der Waals surface area (Å²) in [6, 6.07) is 3.43. The minimum atomic E-state index is -3.78. The molecule has 0 saturated carbocycles. The highest BCUT2D eigenvalue weighted by atomic mass is 35.5. The molecular formula is C16H20Cl2N4O4S. The van der Waals surface area contributed by atoms with Crippen LogP contribution in [0, 0.1) is 0 Å². The van der Waals surface area contributed by atoms with Gasteiger partial charge < -0.3 is 5.32 Å². The van der Waals surface area contributed by atoms with Crippen molar-refractivity contribution in [2.75, 3.05) is 39.3 Å². The zero-order chi connectivity index (χ0) is 19.8. The molecule has 2 heterocycles. The summed E-state index contributed by atoms with van der Waals surface area (Å²) in [5, 5.41) is 3.01. The first-order valence-electron chi connectivity index (χ1n) is 8.50. The van der Waals surface area contributed by atoms with Crippen molar-refractivity contribution in [3.63, 3.8) is 0 Å². The van der Waals surface area contributed by atoms with Crippen molar-refractivity contribution >= 4 is 45.2 Å². The molecule has 8 nitrogen and oxygen atoms in total. The summed E-state index contributed by atoms with van der Waals surface area (Å²) < 4.78 is 27.1. The number of hydrogen-bond acceptors (Lipinski definition) is 5. The zero-order valence-corrected chi connectivity index (χ0v) is 17.0. The van der Waals surface area contributed by atoms with Gasteiger partial charge in [0.1, 0.15) is 4.90 Å². The summed E-state index contributed by atoms with van der Waals surface area (Å²) in [7, 11) is -3.78. The number of urea groups is 1. The molecule has 0 unspecified atom stereocenters. The number of nitrogens with zero attached hydrogens (tertiary/aromatic N) is 3. The van der Waals surface area contributed by atoms with E-state index in [1.54, 1.807) is 6.92 Å². The normalized spacial score (nSPS) is 20.6. The fraction of sp³-hybridized carbons (Fsp3) is 0.500. The van der Waals surface area contributed by atoms with E-state index in [0.29, 0.717) is 31.2 Å². The maximum atomic E-state index is 12.9. The molecule has 0 bridgehead atoms. The number of nitrogens with one attached hydrogen (secondary N) is 1. The number of carbonyl (C=O) groups excluding carboxylic acids is 2. The number of benzene rings is 1. The second-order valence-corrected chi connectivity index (χ2v) is 9.16. The first-order valence-corrected chi connectivity index (χ1v) is 10.7. The SMILES string of the molecule is C[C@H](C(=O)N1CCNC1=O)N1CCN(S(=O)(=O)c2cc(Cl)ccc2Cl)CC1. The smallest absolute Gasteiger partial charge is 0.324 e. The van der Waals surface area contributed by atoms with Crippen LogP contribution in [0.25, 0.3) is 0 Å². The van der Waals surface area contributed by atoms with Crippen molar-refractivity contribution in [3.8, 4) is 0 Å². The highest BCUT2D eigenvalue weighted by Crippen LogP contribution is 2.28. The average Bonchev–Trinajstić information content (AvgIpc) is 3.08. The van der Waals surface area contributed by atoms with Gasteiger partial charge in [0, 0.05) is 44.3 Å². The number of rotatable bonds is 4. The molecule has 2 aliphatic heterocycles. The predicted molar refractivity (Wildman–Crippen MR) is 101 cm³/mol. The van der Waals surface area contributed by atoms with Crippen LogP contribution in [0.2, 0.25) is 10.0 Å². The van der Waals surface area contributed by atoms with Crippen LogP contribution in [-0.2, 0) is 14.8 Å². The van der Waals surface area contributed by atoms with Gasteiger partial charge in [0.25, 0.3) is 0 Å². The van der Waals surface area contributed by atoms with E-state index in [2.05, 4.69) is 5.32 Å². The zero-order valence-electron chi connectivity index (χ0n) is 14.7. The Balaban J connectivity index is 1.67. The van der Waals surface area contributed by atoms with Crippen molar-refractivity contribution in [1.82, 2.24) is 19.4 Å². The molecule has 27 heavy (non-hydrogen) atoms. The third-order valence-electron chi connectivity index (χ3n) is 4.81. The maximum absolute atomic E-state index is 12.9. The van der Waals surface area contributed by atoms with Gasteiger partial charge in [-0.3, -0.25) is 14.6 Å². The minimum absolute atomic E-state index is 0.0250. The second kappa shape index (κ2) is 7.92. The second-order valence-electron chi connectivity index (χ2n) is 6.41. The summed E-state index contributed by atoms with van der Waals surface area (Å²) in [5.74, 6) is -0.279. The Hall–Kier alpha value is -1.39. The van der Waals surface area contributed by atoms with E-state index >= 15 is 0 Å². The molecule has 2 fully saturated rings. The number of hydrogen-bond donors (Lipinski definition) is 1. The number of amides is 3. The third kappa shape index (κ3) is 4.07. The van der Waals surface area contributed by atoms with Gasteiger partial charge in [-0.05, 0) is 25.1 Å². The quantitative estimate of drug-likeness (QED) is 0.769. The van der Waals surface area contributed by atoms with E-state index in [4.69, 9.17) is 23.2 Å². The molecular weight excluding hydrogens is 415 g/mol. The lowest BCUT2D eigenvalue weighted by molar-refractivity contribution is -0.133. The summed E-state index contributed by atoms with van der Waals surface area (Å²) in [5.41, 5.74) is 0. The van der Waals surface area contributed by atoms with E-state index in [0.717, 1.165) is 0 Å². The van der Waals surface area contributed by atoms with Gasteiger partial charge in [0.05, 0.1) is 11.1 Å². The van der Waals surface area contributed by atoms with Crippen LogP contribution in [0.3, 0.4) is 0 Å². The Morgan fingerprint density at radius 3 is 2.41 bits per heavy atom. The van der Waals surface area contributed by atoms with Gasteiger partial charge in [-0.2, -0.15) is 4.31 Å². The molecule has 2 aliphatic rings. The lowest BCUT2D eigenvalue weighted by Crippen LogP contribution is -2.55. The first-order chi connectivity index (χ1) is 12.7. The monoisotopic (exact) mass is 434 g/mol. The molecule has 1 atom stereocenters. The molecule has 0 radical (unpaired) electrons. The van der Waals surface area contributed by atoms with Crippen LogP contribution >= 0.6 is 23.2 Å². The number of halogens is 2. The van der Waals surface area contributed by atoms with Crippen molar-refractivity contribution in [2.45, 2.75) is 17.9 Å². The molecule has 1 aromatic rings. The molecule has 1 N–H and O–H groups in total. The summed E-state index contributed by atoms with van der Waals surface area (Å²) in [6.07, 6.45) is 0. The lowest BCUT2D eigenvalue weighted by atomic mass is 10.2. The maximum Gasteiger partial charge on any atom is 0.324 e. The molecule has 11 heteroatoms. The average molecular weight is 435 g/mol. The van der Waals surface area contributed by atoms with Gasteiger partial charge in [-0.25, -0.2) is 13.2 Å². The van der Waals surface area contributed by atoms with Crippen molar-refractivity contribution in [3.05, 3.63) is 28.2 Å². The van der Waals surface area contributed by atoms with Crippen LogP contribution < -0.4 is 5.32 Å². The molecule has 3 amide bonds. The number of piperazine rings is 1. The van der Waals surface area contributed by atoms with E-state index in [9.17, 15) is 18.0 Å². The largest absolute Gasteiger partial charge is 0.336 e. The van der Waals surface area contributed by atoms with E-state index < -0.39 is 16.1 Å². The molecule has 2 saturated heterocycles. The molecule has 1 aromatic carbocycles. The highest BCUT2D eigenvalue weighted by Gasteiger charge is 2.36. The van der Waals surface area contributed by atoms with E-state index in [-0.39, 0.29) is 34.9 Å². The van der Waals surface area contributed by atoms with Crippen LogP contribution in [0.5, 0.6) is 0 Å². The topological polar surface area (TPSA) is 90.0 Å². The predicted octanol–water partition coefficient (Wildman–Crippen LogP) is 1.24. The third-order valence-corrected chi connectivity index (χ3v) is 7.43. The van der Waals surface area contributed by atoms with Crippen LogP contribution in [0.1, 0.15) is 6.92 Å². The van der Waals surface area contributed by atoms with Crippen LogP contribution in [0.15, 0.2) is 23.1 Å². The highest BCUT2D eigenvalue weighted by molar-refractivity contribution is 7.89. The number of carbonyl (C=O) groups is 2. The van der Waals surface area contributed by atoms with Gasteiger partial charge in [0.2, 0.25) is 15.9 Å². The molecule has 0 aromatic heterocycles. The summed E-state index contributed by atoms with van der Waals surface area (Å²) in [4.78, 5) is 27.2. The van der Waals surface area contributed by atoms with E-state index in [1.165, 1.54) is 27.4 Å². The Kier molecular flexibility index (Phi) is 5.97. The fourth-order valence-electron chi connectivity index (χ4n) is 3.21. The minimum Gasteiger partial charge on any atom is -0.336 e. The fourth-order valence-corrected chi connectivity index (χ4v) is 5.37. The van der Waals surface area contributed by atoms with Crippen LogP contribution in [0.4, 0.5) is 4.79 Å². The molecule has 0 spiro atoms. The lowest BCUT2D eigenvalue weighted by Gasteiger charge is -2.37. The first kappa shape index (κ1) is 20.3. The van der Waals surface area contributed by atoms with Gasteiger partial charge in [-0.1, -0.05) is 23.2 Å². The van der Waals surface area contributed by atoms with Gasteiger partial charge in [0.15, 0.2) is 0 Å². The van der Waals surface area contributed by atoms with Crippen molar-refractivity contribution < 1.29 is 18.0 Å². The molecule has 0 aliphatic carbocycles. The summed E-state index contributed by atoms with van der Waals surface area (Å²) >= 11 is 12.0.